The number of aromatic nitrogens is 3. The third-order valence-electron chi connectivity index (χ3n) is 8.66. The van der Waals surface area contributed by atoms with Crippen molar-refractivity contribution in [3.63, 3.8) is 0 Å². The summed E-state index contributed by atoms with van der Waals surface area (Å²) in [4.78, 5) is 29.1. The molecule has 11 nitrogen and oxygen atoms in total. The second-order valence-corrected chi connectivity index (χ2v) is 12.4. The van der Waals surface area contributed by atoms with Crippen LogP contribution in [0.15, 0.2) is 31.0 Å². The van der Waals surface area contributed by atoms with Gasteiger partial charge in [0.1, 0.15) is 17.0 Å². The average Bonchev–Trinajstić information content (AvgIpc) is 3.54. The van der Waals surface area contributed by atoms with Gasteiger partial charge in [-0.25, -0.2) is 15.0 Å². The molecule has 3 aromatic rings. The fraction of sp³-hybridized carbons (Fsp3) is 0.515. The molecular weight excluding hydrogens is 631 g/mol. The van der Waals surface area contributed by atoms with Crippen molar-refractivity contribution >= 4 is 51.7 Å². The second kappa shape index (κ2) is 16.1. The molecule has 5 rings (SSSR count). The molecule has 1 unspecified atom stereocenters. The maximum atomic E-state index is 12.1. The van der Waals surface area contributed by atoms with Crippen molar-refractivity contribution in [2.75, 3.05) is 71.4 Å². The highest BCUT2D eigenvalue weighted by atomic mass is 35.5. The summed E-state index contributed by atoms with van der Waals surface area (Å²) in [6.07, 6.45) is 7.64. The smallest absolute Gasteiger partial charge is 0.223 e. The van der Waals surface area contributed by atoms with Crippen LogP contribution in [0.5, 0.6) is 11.5 Å². The largest absolute Gasteiger partial charge is 0.495 e. The van der Waals surface area contributed by atoms with Crippen LogP contribution >= 0.6 is 23.2 Å². The summed E-state index contributed by atoms with van der Waals surface area (Å²) < 4.78 is 22.2. The lowest BCUT2D eigenvalue weighted by molar-refractivity contribution is -0.116. The molecule has 0 saturated carbocycles. The van der Waals surface area contributed by atoms with Crippen LogP contribution in [0.4, 0.5) is 11.8 Å². The number of benzene rings is 1. The first kappa shape index (κ1) is 34.1. The van der Waals surface area contributed by atoms with Crippen molar-refractivity contribution < 1.29 is 23.7 Å². The van der Waals surface area contributed by atoms with Crippen LogP contribution in [0.3, 0.4) is 0 Å². The molecule has 0 spiro atoms. The van der Waals surface area contributed by atoms with Crippen LogP contribution in [-0.4, -0.2) is 98.5 Å². The molecule has 2 fully saturated rings. The lowest BCUT2D eigenvalue weighted by Gasteiger charge is -2.31. The van der Waals surface area contributed by atoms with Gasteiger partial charge in [-0.15, -0.1) is 0 Å². The molecule has 248 valence electrons. The molecule has 2 aliphatic heterocycles. The van der Waals surface area contributed by atoms with E-state index in [2.05, 4.69) is 27.1 Å². The molecule has 13 heteroatoms. The van der Waals surface area contributed by atoms with Crippen LogP contribution in [0, 0.1) is 5.92 Å². The number of nitrogens with zero attached hydrogens (tertiary/aromatic N) is 4. The Morgan fingerprint density at radius 2 is 1.91 bits per heavy atom. The monoisotopic (exact) mass is 672 g/mol. The molecule has 1 aromatic carbocycles. The minimum Gasteiger partial charge on any atom is -0.495 e. The van der Waals surface area contributed by atoms with Gasteiger partial charge in [-0.3, -0.25) is 4.79 Å². The summed E-state index contributed by atoms with van der Waals surface area (Å²) in [5.41, 5.74) is 1.65. The van der Waals surface area contributed by atoms with E-state index in [1.54, 1.807) is 19.4 Å². The van der Waals surface area contributed by atoms with Crippen molar-refractivity contribution in [3.05, 3.63) is 41.0 Å². The van der Waals surface area contributed by atoms with E-state index >= 15 is 0 Å². The summed E-state index contributed by atoms with van der Waals surface area (Å²) in [5, 5.41) is 8.31. The molecule has 2 N–H and O–H groups in total. The number of pyridine rings is 1. The number of hydrogen-bond acceptors (Lipinski definition) is 11. The number of ether oxygens (including phenoxy) is 4. The number of anilines is 2. The van der Waals surface area contributed by atoms with E-state index < -0.39 is 0 Å². The fourth-order valence-corrected chi connectivity index (χ4v) is 6.72. The van der Waals surface area contributed by atoms with Crippen molar-refractivity contribution in [1.29, 1.82) is 0 Å². The zero-order chi connectivity index (χ0) is 32.6. The predicted molar refractivity (Wildman–Crippen MR) is 182 cm³/mol. The Labute approximate surface area is 280 Å². The molecule has 2 aromatic heterocycles. The highest BCUT2D eigenvalue weighted by Crippen LogP contribution is 2.46. The summed E-state index contributed by atoms with van der Waals surface area (Å²) in [6, 6.07) is 3.38. The van der Waals surface area contributed by atoms with E-state index in [4.69, 9.17) is 52.1 Å². The van der Waals surface area contributed by atoms with Gasteiger partial charge in [0, 0.05) is 63.0 Å². The number of halogens is 2. The molecule has 46 heavy (non-hydrogen) atoms. The van der Waals surface area contributed by atoms with Gasteiger partial charge in [-0.2, -0.15) is 0 Å². The molecule has 3 atom stereocenters. The van der Waals surface area contributed by atoms with Gasteiger partial charge in [0.15, 0.2) is 11.6 Å². The maximum absolute atomic E-state index is 12.1. The quantitative estimate of drug-likeness (QED) is 0.149. The van der Waals surface area contributed by atoms with Gasteiger partial charge < -0.3 is 34.5 Å². The number of ketones is 1. The van der Waals surface area contributed by atoms with Gasteiger partial charge in [0.2, 0.25) is 5.95 Å². The van der Waals surface area contributed by atoms with Crippen LogP contribution in [-0.2, 0) is 14.3 Å². The number of rotatable bonds is 15. The summed E-state index contributed by atoms with van der Waals surface area (Å²) in [5.74, 6) is 1.93. The molecule has 2 aliphatic rings. The van der Waals surface area contributed by atoms with E-state index in [1.165, 1.54) is 20.3 Å². The van der Waals surface area contributed by atoms with Gasteiger partial charge in [0.25, 0.3) is 0 Å². The molecular formula is C33H42Cl2N6O5. The Kier molecular flexibility index (Phi) is 11.9. The van der Waals surface area contributed by atoms with Gasteiger partial charge in [-0.1, -0.05) is 29.8 Å². The standard InChI is InChI=1S/C33H42Cl2N6O5/c1-5-22(42)14-20-9-13-46-19-25(20)39-33-37-17-21-15-24(28-29(34)26(44-3)16-27(45-4)30(28)35)38-32(31(21)40-33)36-10-6-7-11-41-12-8-23(18-41)43-2/h5,15-17,20,23,25H,1,6-14,18-19H2,2-4H3,(H,36,38)(H,37,39,40)/t20-,23?,25-/m1/s1. The van der Waals surface area contributed by atoms with Gasteiger partial charge in [0.05, 0.1) is 48.7 Å². The van der Waals surface area contributed by atoms with Crippen LogP contribution in [0.25, 0.3) is 22.2 Å². The summed E-state index contributed by atoms with van der Waals surface area (Å²) >= 11 is 13.6. The molecule has 4 heterocycles. The van der Waals surface area contributed by atoms with Gasteiger partial charge >= 0.3 is 0 Å². The van der Waals surface area contributed by atoms with Crippen molar-refractivity contribution in [2.24, 2.45) is 5.92 Å². The van der Waals surface area contributed by atoms with E-state index in [1.807, 2.05) is 6.07 Å². The van der Waals surface area contributed by atoms with Crippen LogP contribution < -0.4 is 20.1 Å². The van der Waals surface area contributed by atoms with Crippen molar-refractivity contribution in [1.82, 2.24) is 19.9 Å². The maximum Gasteiger partial charge on any atom is 0.223 e. The third kappa shape index (κ3) is 8.01. The van der Waals surface area contributed by atoms with Crippen LogP contribution in [0.1, 0.15) is 32.1 Å². The van der Waals surface area contributed by atoms with E-state index in [0.29, 0.717) is 82.4 Å². The lowest BCUT2D eigenvalue weighted by atomic mass is 9.90. The summed E-state index contributed by atoms with van der Waals surface area (Å²) in [6.45, 7) is 8.42. The zero-order valence-electron chi connectivity index (χ0n) is 26.6. The van der Waals surface area contributed by atoms with E-state index in [9.17, 15) is 4.79 Å². The minimum absolute atomic E-state index is 0.0103. The number of carbonyl (C=O) groups excluding carboxylic acids is 1. The molecule has 0 aliphatic carbocycles. The van der Waals surface area contributed by atoms with Crippen molar-refractivity contribution in [3.8, 4) is 22.8 Å². The van der Waals surface area contributed by atoms with Crippen molar-refractivity contribution in [2.45, 2.75) is 44.2 Å². The first-order valence-corrected chi connectivity index (χ1v) is 16.4. The number of nitrogens with one attached hydrogen (secondary N) is 2. The lowest BCUT2D eigenvalue weighted by Crippen LogP contribution is -2.40. The summed E-state index contributed by atoms with van der Waals surface area (Å²) in [7, 11) is 4.85. The topological polar surface area (TPSA) is 120 Å². The minimum atomic E-state index is -0.121. The third-order valence-corrected chi connectivity index (χ3v) is 9.41. The Balaban J connectivity index is 1.43. The van der Waals surface area contributed by atoms with E-state index in [0.717, 1.165) is 50.7 Å². The van der Waals surface area contributed by atoms with E-state index in [-0.39, 0.29) is 17.7 Å². The van der Waals surface area contributed by atoms with Gasteiger partial charge in [-0.05, 0) is 50.3 Å². The second-order valence-electron chi connectivity index (χ2n) is 11.6. The highest BCUT2D eigenvalue weighted by Gasteiger charge is 2.28. The highest BCUT2D eigenvalue weighted by molar-refractivity contribution is 6.41. The molecule has 0 amide bonds. The number of carbonyl (C=O) groups is 1. The number of likely N-dealkylation sites (tertiary alicyclic amines) is 1. The number of hydrogen-bond donors (Lipinski definition) is 2. The Hall–Kier alpha value is -3.22. The number of fused-ring (bicyclic) bond motifs is 1. The SMILES string of the molecule is C=CC(=O)C[C@H]1CCOC[C@H]1Nc1ncc2cc(-c3c(Cl)c(OC)cc(OC)c3Cl)nc(NCCCCN3CCC(OC)C3)c2n1. The first-order chi connectivity index (χ1) is 22.3. The fourth-order valence-electron chi connectivity index (χ4n) is 6.02. The average molecular weight is 674 g/mol. The van der Waals surface area contributed by atoms with Crippen LogP contribution in [0.2, 0.25) is 10.0 Å². The Bertz CT molecular complexity index is 1510. The number of unbranched alkanes of at least 4 members (excludes halogenated alkanes) is 1. The molecule has 2 saturated heterocycles. The number of methoxy groups -OCH3 is 3. The zero-order valence-corrected chi connectivity index (χ0v) is 28.1. The normalized spacial score (nSPS) is 20.1. The number of allylic oxidation sites excluding steroid dienone is 1. The molecule has 0 radical (unpaired) electrons. The Morgan fingerprint density at radius 1 is 1.13 bits per heavy atom. The Morgan fingerprint density at radius 3 is 2.61 bits per heavy atom. The molecule has 0 bridgehead atoms. The first-order valence-electron chi connectivity index (χ1n) is 15.6. The predicted octanol–water partition coefficient (Wildman–Crippen LogP) is 5.89.